The average molecular weight is 422 g/mol. The van der Waals surface area contributed by atoms with E-state index in [1.54, 1.807) is 12.1 Å². The maximum atomic E-state index is 10.9. The molecule has 0 saturated carbocycles. The summed E-state index contributed by atoms with van der Waals surface area (Å²) in [5, 5.41) is 24.9. The third-order valence-corrected chi connectivity index (χ3v) is 5.66. The molecule has 2 saturated heterocycles. The van der Waals surface area contributed by atoms with Gasteiger partial charge in [-0.3, -0.25) is 0 Å². The summed E-state index contributed by atoms with van der Waals surface area (Å²) in [6.45, 7) is 4.94. The molecule has 0 radical (unpaired) electrons. The quantitative estimate of drug-likeness (QED) is 0.624. The van der Waals surface area contributed by atoms with Gasteiger partial charge in [0.1, 0.15) is 5.82 Å². The van der Waals surface area contributed by atoms with Crippen LogP contribution in [-0.2, 0) is 6.42 Å². The number of nitrogens with one attached hydrogen (secondary N) is 2. The Labute approximate surface area is 181 Å². The molecule has 0 aliphatic carbocycles. The molecule has 9 nitrogen and oxygen atoms in total. The first-order valence-electron chi connectivity index (χ1n) is 10.7. The van der Waals surface area contributed by atoms with E-state index in [-0.39, 0.29) is 6.04 Å². The van der Waals surface area contributed by atoms with Gasteiger partial charge in [-0.15, -0.1) is 0 Å². The lowest BCUT2D eigenvalue weighted by Crippen LogP contribution is -2.61. The number of carbonyl (C=O) groups is 1. The maximum Gasteiger partial charge on any atom is 0.407 e. The first-order chi connectivity index (χ1) is 15.0. The average Bonchev–Trinajstić information content (AvgIpc) is 3.19. The van der Waals surface area contributed by atoms with Crippen molar-refractivity contribution in [3.05, 3.63) is 41.6 Å². The summed E-state index contributed by atoms with van der Waals surface area (Å²) >= 11 is 0. The second-order valence-electron chi connectivity index (χ2n) is 8.09. The number of aryl methyl sites for hydroxylation is 1. The molecule has 4 rings (SSSR count). The van der Waals surface area contributed by atoms with Crippen molar-refractivity contribution in [3.63, 3.8) is 0 Å². The zero-order chi connectivity index (χ0) is 21.8. The molecule has 0 bridgehead atoms. The van der Waals surface area contributed by atoms with Crippen molar-refractivity contribution in [2.45, 2.75) is 38.3 Å². The van der Waals surface area contributed by atoms with Crippen LogP contribution in [0.25, 0.3) is 0 Å². The highest BCUT2D eigenvalue weighted by molar-refractivity contribution is 5.66. The molecular weight excluding hydrogens is 394 g/mol. The summed E-state index contributed by atoms with van der Waals surface area (Å²) in [4.78, 5) is 24.0. The Balaban J connectivity index is 1.44. The molecule has 3 heterocycles. The van der Waals surface area contributed by atoms with Crippen LogP contribution in [0.5, 0.6) is 0 Å². The summed E-state index contributed by atoms with van der Waals surface area (Å²) in [7, 11) is 0. The van der Waals surface area contributed by atoms with Crippen molar-refractivity contribution in [1.82, 2.24) is 20.2 Å². The Morgan fingerprint density at radius 2 is 2.10 bits per heavy atom. The second-order valence-corrected chi connectivity index (χ2v) is 8.09. The van der Waals surface area contributed by atoms with Crippen LogP contribution < -0.4 is 15.5 Å². The van der Waals surface area contributed by atoms with Crippen LogP contribution in [0.3, 0.4) is 0 Å². The molecule has 1 unspecified atom stereocenters. The van der Waals surface area contributed by atoms with Gasteiger partial charge in [-0.25, -0.2) is 9.78 Å². The van der Waals surface area contributed by atoms with Crippen LogP contribution in [-0.4, -0.2) is 64.3 Å². The SMILES string of the molecule is CCCc1cc(N2CCC(NC3CN(C(=O)O)C3)C2)nc(Nc2cccc(C#N)c2)n1. The number of hydrogen-bond donors (Lipinski definition) is 3. The number of amides is 1. The van der Waals surface area contributed by atoms with Gasteiger partial charge in [0.15, 0.2) is 0 Å². The van der Waals surface area contributed by atoms with Gasteiger partial charge in [0.05, 0.1) is 11.6 Å². The van der Waals surface area contributed by atoms with Crippen molar-refractivity contribution in [2.24, 2.45) is 0 Å². The molecule has 1 aromatic carbocycles. The Morgan fingerprint density at radius 3 is 2.84 bits per heavy atom. The van der Waals surface area contributed by atoms with Gasteiger partial charge in [0.2, 0.25) is 5.95 Å². The Hall–Kier alpha value is -3.38. The van der Waals surface area contributed by atoms with Crippen molar-refractivity contribution in [2.75, 3.05) is 36.4 Å². The predicted molar refractivity (Wildman–Crippen MR) is 118 cm³/mol. The molecule has 2 aliphatic heterocycles. The Morgan fingerprint density at radius 1 is 1.26 bits per heavy atom. The Bertz CT molecular complexity index is 984. The number of nitriles is 1. The van der Waals surface area contributed by atoms with Crippen molar-refractivity contribution >= 4 is 23.5 Å². The molecule has 1 atom stereocenters. The van der Waals surface area contributed by atoms with Crippen molar-refractivity contribution in [3.8, 4) is 6.07 Å². The highest BCUT2D eigenvalue weighted by Gasteiger charge is 2.34. The number of benzene rings is 1. The van der Waals surface area contributed by atoms with Gasteiger partial charge in [0, 0.05) is 55.7 Å². The number of rotatable bonds is 7. The number of hydrogen-bond acceptors (Lipinski definition) is 7. The number of carboxylic acid groups (broad SMARTS) is 1. The Kier molecular flexibility index (Phi) is 6.18. The highest BCUT2D eigenvalue weighted by Crippen LogP contribution is 2.24. The largest absolute Gasteiger partial charge is 0.465 e. The van der Waals surface area contributed by atoms with Crippen LogP contribution in [0.2, 0.25) is 0 Å². The maximum absolute atomic E-state index is 10.9. The molecule has 0 spiro atoms. The molecule has 162 valence electrons. The van der Waals surface area contributed by atoms with Crippen LogP contribution in [0.1, 0.15) is 31.0 Å². The number of anilines is 3. The predicted octanol–water partition coefficient (Wildman–Crippen LogP) is 2.57. The van der Waals surface area contributed by atoms with E-state index in [9.17, 15) is 4.79 Å². The van der Waals surface area contributed by atoms with E-state index < -0.39 is 6.09 Å². The number of aromatic nitrogens is 2. The number of likely N-dealkylation sites (tertiary alicyclic amines) is 1. The molecule has 2 aliphatic rings. The molecular formula is C22H27N7O2. The van der Waals surface area contributed by atoms with E-state index in [0.29, 0.717) is 30.6 Å². The number of nitrogens with zero attached hydrogens (tertiary/aromatic N) is 5. The molecule has 1 amide bonds. The lowest BCUT2D eigenvalue weighted by molar-refractivity contribution is 0.0927. The smallest absolute Gasteiger partial charge is 0.407 e. The van der Waals surface area contributed by atoms with Gasteiger partial charge in [-0.05, 0) is 31.0 Å². The van der Waals surface area contributed by atoms with E-state index in [0.717, 1.165) is 49.6 Å². The standard InChI is InChI=1S/C22H27N7O2/c1-2-4-16-10-20(27-21(25-16)26-17-6-3-5-15(9-17)11-23)28-8-7-18(12-28)24-19-13-29(14-19)22(30)31/h3,5-6,9-10,18-19,24H,2,4,7-8,12-14H2,1H3,(H,30,31)(H,25,26,27). The fourth-order valence-corrected chi connectivity index (χ4v) is 4.06. The summed E-state index contributed by atoms with van der Waals surface area (Å²) in [6, 6.07) is 12.0. The minimum atomic E-state index is -0.851. The van der Waals surface area contributed by atoms with Crippen molar-refractivity contribution < 1.29 is 9.90 Å². The normalized spacial score (nSPS) is 18.5. The topological polar surface area (TPSA) is 117 Å². The lowest BCUT2D eigenvalue weighted by atomic mass is 10.1. The monoisotopic (exact) mass is 421 g/mol. The minimum absolute atomic E-state index is 0.228. The lowest BCUT2D eigenvalue weighted by Gasteiger charge is -2.39. The second kappa shape index (κ2) is 9.18. The van der Waals surface area contributed by atoms with Gasteiger partial charge < -0.3 is 25.5 Å². The third-order valence-electron chi connectivity index (χ3n) is 5.66. The zero-order valence-electron chi connectivity index (χ0n) is 17.6. The van der Waals surface area contributed by atoms with Gasteiger partial charge in [-0.2, -0.15) is 10.2 Å². The van der Waals surface area contributed by atoms with Crippen molar-refractivity contribution in [1.29, 1.82) is 5.26 Å². The highest BCUT2D eigenvalue weighted by atomic mass is 16.4. The van der Waals surface area contributed by atoms with Gasteiger partial charge >= 0.3 is 6.09 Å². The van der Waals surface area contributed by atoms with Gasteiger partial charge in [0.25, 0.3) is 0 Å². The fraction of sp³-hybridized carbons (Fsp3) is 0.455. The summed E-state index contributed by atoms with van der Waals surface area (Å²) < 4.78 is 0. The molecule has 31 heavy (non-hydrogen) atoms. The van der Waals surface area contributed by atoms with Crippen LogP contribution in [0.15, 0.2) is 30.3 Å². The molecule has 2 fully saturated rings. The molecule has 9 heteroatoms. The van der Waals surface area contributed by atoms with Crippen LogP contribution >= 0.6 is 0 Å². The summed E-state index contributed by atoms with van der Waals surface area (Å²) in [5.74, 6) is 1.42. The van der Waals surface area contributed by atoms with Crippen LogP contribution in [0.4, 0.5) is 22.2 Å². The fourth-order valence-electron chi connectivity index (χ4n) is 4.06. The summed E-state index contributed by atoms with van der Waals surface area (Å²) in [5.41, 5.74) is 2.35. The van der Waals surface area contributed by atoms with E-state index in [4.69, 9.17) is 15.4 Å². The van der Waals surface area contributed by atoms with E-state index in [1.807, 2.05) is 12.1 Å². The molecule has 1 aromatic heterocycles. The van der Waals surface area contributed by atoms with E-state index in [1.165, 1.54) is 4.90 Å². The first kappa shape index (κ1) is 20.9. The van der Waals surface area contributed by atoms with Crippen LogP contribution in [0, 0.1) is 11.3 Å². The molecule has 2 aromatic rings. The van der Waals surface area contributed by atoms with E-state index in [2.05, 4.69) is 39.6 Å². The minimum Gasteiger partial charge on any atom is -0.465 e. The van der Waals surface area contributed by atoms with E-state index >= 15 is 0 Å². The first-order valence-corrected chi connectivity index (χ1v) is 10.7. The van der Waals surface area contributed by atoms with Gasteiger partial charge in [-0.1, -0.05) is 19.4 Å². The molecule has 3 N–H and O–H groups in total. The zero-order valence-corrected chi connectivity index (χ0v) is 17.6. The third kappa shape index (κ3) is 5.03. The summed E-state index contributed by atoms with van der Waals surface area (Å²) in [6.07, 6.45) is 2.00.